The van der Waals surface area contributed by atoms with Crippen LogP contribution in [0.3, 0.4) is 0 Å². The van der Waals surface area contributed by atoms with Crippen LogP contribution >= 0.6 is 11.8 Å². The van der Waals surface area contributed by atoms with Gasteiger partial charge in [0, 0.05) is 17.9 Å². The van der Waals surface area contributed by atoms with Gasteiger partial charge in [-0.05, 0) is 42.5 Å². The van der Waals surface area contributed by atoms with E-state index in [4.69, 9.17) is 0 Å². The molecule has 0 bridgehead atoms. The maximum Gasteiger partial charge on any atom is 0.278 e. The van der Waals surface area contributed by atoms with Gasteiger partial charge in [-0.2, -0.15) is 0 Å². The van der Waals surface area contributed by atoms with Gasteiger partial charge in [-0.25, -0.2) is 4.98 Å². The van der Waals surface area contributed by atoms with Gasteiger partial charge in [-0.15, -0.1) is 0 Å². The van der Waals surface area contributed by atoms with Crippen LogP contribution in [0.25, 0.3) is 11.0 Å². The van der Waals surface area contributed by atoms with Crippen molar-refractivity contribution in [3.05, 3.63) is 51.9 Å². The summed E-state index contributed by atoms with van der Waals surface area (Å²) in [6.07, 6.45) is 0. The number of carbonyl (C=O) groups excluding carboxylic acids is 1. The second kappa shape index (κ2) is 8.86. The molecule has 0 aliphatic rings. The zero-order chi connectivity index (χ0) is 21.1. The summed E-state index contributed by atoms with van der Waals surface area (Å²) in [6.45, 7) is 10.8. The van der Waals surface area contributed by atoms with E-state index in [1.807, 2.05) is 37.3 Å². The predicted octanol–water partition coefficient (Wildman–Crippen LogP) is 4.54. The predicted molar refractivity (Wildman–Crippen MR) is 120 cm³/mol. The SMILES string of the molecule is Cc1cc2nc(SCC(=O)Nc3ccc(C(C)C)cc3)n(CC(C)C)c(=O)c2[nH]1. The van der Waals surface area contributed by atoms with Crippen molar-refractivity contribution in [1.82, 2.24) is 14.5 Å². The Bertz CT molecular complexity index is 1060. The van der Waals surface area contributed by atoms with Gasteiger partial charge >= 0.3 is 0 Å². The first-order valence-corrected chi connectivity index (χ1v) is 10.9. The van der Waals surface area contributed by atoms with E-state index in [2.05, 4.69) is 43.0 Å². The summed E-state index contributed by atoms with van der Waals surface area (Å²) in [7, 11) is 0. The summed E-state index contributed by atoms with van der Waals surface area (Å²) in [5.41, 5.74) is 3.95. The van der Waals surface area contributed by atoms with E-state index < -0.39 is 0 Å². The lowest BCUT2D eigenvalue weighted by Crippen LogP contribution is -2.26. The first-order valence-electron chi connectivity index (χ1n) is 9.87. The van der Waals surface area contributed by atoms with E-state index in [0.717, 1.165) is 11.4 Å². The smallest absolute Gasteiger partial charge is 0.278 e. The van der Waals surface area contributed by atoms with Gasteiger partial charge in [-0.3, -0.25) is 14.2 Å². The van der Waals surface area contributed by atoms with Crippen molar-refractivity contribution in [2.75, 3.05) is 11.1 Å². The van der Waals surface area contributed by atoms with E-state index in [1.165, 1.54) is 17.3 Å². The zero-order valence-corrected chi connectivity index (χ0v) is 18.4. The third-order valence-corrected chi connectivity index (χ3v) is 5.56. The molecule has 0 radical (unpaired) electrons. The number of aromatic amines is 1. The van der Waals surface area contributed by atoms with Gasteiger partial charge in [0.15, 0.2) is 5.16 Å². The molecular weight excluding hydrogens is 384 g/mol. The number of aromatic nitrogens is 3. The van der Waals surface area contributed by atoms with Crippen molar-refractivity contribution in [1.29, 1.82) is 0 Å². The molecule has 0 saturated heterocycles. The van der Waals surface area contributed by atoms with Crippen LogP contribution in [0.15, 0.2) is 40.3 Å². The summed E-state index contributed by atoms with van der Waals surface area (Å²) >= 11 is 1.29. The lowest BCUT2D eigenvalue weighted by atomic mass is 10.0. The number of anilines is 1. The molecule has 0 unspecified atom stereocenters. The Labute approximate surface area is 175 Å². The minimum atomic E-state index is -0.122. The molecule has 7 heteroatoms. The highest BCUT2D eigenvalue weighted by molar-refractivity contribution is 7.99. The molecule has 1 aromatic carbocycles. The normalized spacial score (nSPS) is 11.6. The molecular formula is C22H28N4O2S. The van der Waals surface area contributed by atoms with Crippen molar-refractivity contribution >= 4 is 34.4 Å². The molecule has 154 valence electrons. The summed E-state index contributed by atoms with van der Waals surface area (Å²) in [4.78, 5) is 33.1. The number of nitrogens with one attached hydrogen (secondary N) is 2. The van der Waals surface area contributed by atoms with E-state index >= 15 is 0 Å². The number of nitrogens with zero attached hydrogens (tertiary/aromatic N) is 2. The Balaban J connectivity index is 1.76. The molecule has 0 aliphatic carbocycles. The van der Waals surface area contributed by atoms with E-state index in [0.29, 0.717) is 28.7 Å². The second-order valence-corrected chi connectivity index (χ2v) is 8.97. The van der Waals surface area contributed by atoms with Gasteiger partial charge in [0.1, 0.15) is 5.52 Å². The largest absolute Gasteiger partial charge is 0.353 e. The molecule has 2 heterocycles. The molecule has 6 nitrogen and oxygen atoms in total. The number of hydrogen-bond donors (Lipinski definition) is 2. The van der Waals surface area contributed by atoms with Crippen LogP contribution in [0.4, 0.5) is 5.69 Å². The molecule has 29 heavy (non-hydrogen) atoms. The molecule has 3 aromatic rings. The zero-order valence-electron chi connectivity index (χ0n) is 17.6. The van der Waals surface area contributed by atoms with Crippen LogP contribution in [0, 0.1) is 12.8 Å². The van der Waals surface area contributed by atoms with E-state index in [1.54, 1.807) is 4.57 Å². The minimum Gasteiger partial charge on any atom is -0.353 e. The fourth-order valence-electron chi connectivity index (χ4n) is 3.13. The minimum absolute atomic E-state index is 0.0935. The van der Waals surface area contributed by atoms with Gasteiger partial charge < -0.3 is 10.3 Å². The molecule has 0 aliphatic heterocycles. The molecule has 2 N–H and O–H groups in total. The first-order chi connectivity index (χ1) is 13.7. The highest BCUT2D eigenvalue weighted by Crippen LogP contribution is 2.21. The maximum atomic E-state index is 12.9. The molecule has 2 aromatic heterocycles. The average Bonchev–Trinajstić information content (AvgIpc) is 3.03. The third-order valence-electron chi connectivity index (χ3n) is 4.58. The topological polar surface area (TPSA) is 79.8 Å². The number of aryl methyl sites for hydroxylation is 1. The molecule has 0 atom stereocenters. The van der Waals surface area contributed by atoms with Crippen LogP contribution in [0.5, 0.6) is 0 Å². The number of H-pyrrole nitrogens is 1. The van der Waals surface area contributed by atoms with Crippen LogP contribution in [-0.4, -0.2) is 26.2 Å². The first kappa shape index (κ1) is 21.2. The van der Waals surface area contributed by atoms with Crippen LogP contribution < -0.4 is 10.9 Å². The Morgan fingerprint density at radius 1 is 1.21 bits per heavy atom. The Hall–Kier alpha value is -2.54. The third kappa shape index (κ3) is 5.09. The number of amides is 1. The fourth-order valence-corrected chi connectivity index (χ4v) is 3.93. The molecule has 3 rings (SSSR count). The van der Waals surface area contributed by atoms with Gasteiger partial charge in [0.25, 0.3) is 5.56 Å². The number of hydrogen-bond acceptors (Lipinski definition) is 4. The number of fused-ring (bicyclic) bond motifs is 1. The fraction of sp³-hybridized carbons (Fsp3) is 0.409. The molecule has 0 fully saturated rings. The average molecular weight is 413 g/mol. The highest BCUT2D eigenvalue weighted by Gasteiger charge is 2.16. The lowest BCUT2D eigenvalue weighted by molar-refractivity contribution is -0.113. The standard InChI is InChI=1S/C22H28N4O2S/c1-13(2)11-26-21(28)20-18(10-15(5)23-20)25-22(26)29-12-19(27)24-17-8-6-16(7-9-17)14(3)4/h6-10,13-14,23H,11-12H2,1-5H3,(H,24,27). The molecule has 0 spiro atoms. The van der Waals surface area contributed by atoms with Crippen LogP contribution in [0.2, 0.25) is 0 Å². The van der Waals surface area contributed by atoms with Gasteiger partial charge in [0.2, 0.25) is 5.91 Å². The number of carbonyl (C=O) groups is 1. The summed E-state index contributed by atoms with van der Waals surface area (Å²) in [5.74, 6) is 0.801. The highest BCUT2D eigenvalue weighted by atomic mass is 32.2. The quantitative estimate of drug-likeness (QED) is 0.441. The maximum absolute atomic E-state index is 12.9. The number of rotatable bonds is 7. The number of thioether (sulfide) groups is 1. The Morgan fingerprint density at radius 3 is 2.52 bits per heavy atom. The Morgan fingerprint density at radius 2 is 1.90 bits per heavy atom. The van der Waals surface area contributed by atoms with Crippen LogP contribution in [0.1, 0.15) is 44.9 Å². The second-order valence-electron chi connectivity index (χ2n) is 8.03. The van der Waals surface area contributed by atoms with Crippen molar-refractivity contribution < 1.29 is 4.79 Å². The van der Waals surface area contributed by atoms with Gasteiger partial charge in [0.05, 0.1) is 11.3 Å². The summed E-state index contributed by atoms with van der Waals surface area (Å²) in [6, 6.07) is 9.74. The number of benzene rings is 1. The summed E-state index contributed by atoms with van der Waals surface area (Å²) in [5, 5.41) is 3.48. The van der Waals surface area contributed by atoms with Crippen molar-refractivity contribution in [2.45, 2.75) is 52.2 Å². The Kier molecular flexibility index (Phi) is 6.47. The van der Waals surface area contributed by atoms with E-state index in [9.17, 15) is 9.59 Å². The van der Waals surface area contributed by atoms with Gasteiger partial charge in [-0.1, -0.05) is 51.6 Å². The molecule has 1 amide bonds. The van der Waals surface area contributed by atoms with Crippen molar-refractivity contribution in [2.24, 2.45) is 5.92 Å². The molecule has 0 saturated carbocycles. The van der Waals surface area contributed by atoms with E-state index in [-0.39, 0.29) is 23.1 Å². The van der Waals surface area contributed by atoms with Crippen molar-refractivity contribution in [3.63, 3.8) is 0 Å². The summed E-state index contributed by atoms with van der Waals surface area (Å²) < 4.78 is 1.66. The van der Waals surface area contributed by atoms with Crippen LogP contribution in [-0.2, 0) is 11.3 Å². The van der Waals surface area contributed by atoms with Crippen molar-refractivity contribution in [3.8, 4) is 0 Å². The monoisotopic (exact) mass is 412 g/mol. The lowest BCUT2D eigenvalue weighted by Gasteiger charge is -2.14.